The van der Waals surface area contributed by atoms with E-state index in [1.807, 2.05) is 37.9 Å². The highest BCUT2D eigenvalue weighted by Gasteiger charge is 2.17. The largest absolute Gasteiger partial charge is 0.310 e. The number of Topliss-reactive ketones (excluding diaryl/α,β-unsaturated/α-hetero) is 1. The minimum Gasteiger partial charge on any atom is -0.310 e. The molecule has 0 bridgehead atoms. The van der Waals surface area contributed by atoms with Crippen molar-refractivity contribution in [3.63, 3.8) is 0 Å². The van der Waals surface area contributed by atoms with E-state index in [1.54, 1.807) is 0 Å². The van der Waals surface area contributed by atoms with Gasteiger partial charge in [0.2, 0.25) is 0 Å². The molecule has 0 aliphatic carbocycles. The average Bonchev–Trinajstić information content (AvgIpc) is 2.73. The van der Waals surface area contributed by atoms with E-state index >= 15 is 0 Å². The summed E-state index contributed by atoms with van der Waals surface area (Å²) in [7, 11) is 1.81. The standard InChI is InChI=1S/C12H15NOS/c1-8(13-2)12(14)10-4-3-9-5-6-15-11(9)7-10/h3-4,7-8,13H,5-6H2,1-2H3. The Kier molecular flexibility index (Phi) is 3.12. The molecule has 2 nitrogen and oxygen atoms in total. The molecular weight excluding hydrogens is 206 g/mol. The monoisotopic (exact) mass is 221 g/mol. The van der Waals surface area contributed by atoms with Gasteiger partial charge >= 0.3 is 0 Å². The fraction of sp³-hybridized carbons (Fsp3) is 0.417. The van der Waals surface area contributed by atoms with Gasteiger partial charge in [0.1, 0.15) is 0 Å². The lowest BCUT2D eigenvalue weighted by Gasteiger charge is -2.09. The van der Waals surface area contributed by atoms with E-state index in [0.29, 0.717) is 0 Å². The summed E-state index contributed by atoms with van der Waals surface area (Å²) < 4.78 is 0. The first-order valence-corrected chi connectivity index (χ1v) is 6.18. The molecular formula is C12H15NOS. The van der Waals surface area contributed by atoms with Gasteiger partial charge in [-0.2, -0.15) is 0 Å². The molecule has 1 aromatic carbocycles. The van der Waals surface area contributed by atoms with E-state index in [9.17, 15) is 4.79 Å². The van der Waals surface area contributed by atoms with E-state index in [2.05, 4.69) is 11.4 Å². The number of benzene rings is 1. The van der Waals surface area contributed by atoms with Crippen LogP contribution in [0.3, 0.4) is 0 Å². The maximum absolute atomic E-state index is 11.9. The molecule has 0 spiro atoms. The maximum Gasteiger partial charge on any atom is 0.179 e. The molecule has 1 aliphatic rings. The number of likely N-dealkylation sites (N-methyl/N-ethyl adjacent to an activating group) is 1. The molecule has 1 heterocycles. The summed E-state index contributed by atoms with van der Waals surface area (Å²) in [6.45, 7) is 1.89. The number of fused-ring (bicyclic) bond motifs is 1. The summed E-state index contributed by atoms with van der Waals surface area (Å²) in [5.41, 5.74) is 2.21. The van der Waals surface area contributed by atoms with Crippen molar-refractivity contribution < 1.29 is 4.79 Å². The van der Waals surface area contributed by atoms with Gasteiger partial charge < -0.3 is 5.32 Å². The topological polar surface area (TPSA) is 29.1 Å². The molecule has 0 saturated heterocycles. The van der Waals surface area contributed by atoms with E-state index in [1.165, 1.54) is 10.5 Å². The predicted octanol–water partition coefficient (Wildman–Crippen LogP) is 2.13. The molecule has 0 radical (unpaired) electrons. The van der Waals surface area contributed by atoms with Crippen molar-refractivity contribution in [2.75, 3.05) is 12.8 Å². The van der Waals surface area contributed by atoms with Crippen molar-refractivity contribution in [1.82, 2.24) is 5.32 Å². The molecule has 1 atom stereocenters. The van der Waals surface area contributed by atoms with Crippen LogP contribution in [0.5, 0.6) is 0 Å². The molecule has 2 rings (SSSR count). The minimum atomic E-state index is -0.102. The van der Waals surface area contributed by atoms with Gasteiger partial charge in [0.05, 0.1) is 6.04 Å². The highest BCUT2D eigenvalue weighted by molar-refractivity contribution is 7.99. The first kappa shape index (κ1) is 10.7. The molecule has 1 aliphatic heterocycles. The number of hydrogen-bond acceptors (Lipinski definition) is 3. The average molecular weight is 221 g/mol. The number of carbonyl (C=O) groups excluding carboxylic acids is 1. The van der Waals surface area contributed by atoms with E-state index in [-0.39, 0.29) is 11.8 Å². The van der Waals surface area contributed by atoms with Gasteiger partial charge in [-0.15, -0.1) is 11.8 Å². The van der Waals surface area contributed by atoms with Crippen molar-refractivity contribution in [3.8, 4) is 0 Å². The number of ketones is 1. The van der Waals surface area contributed by atoms with Crippen LogP contribution in [0.2, 0.25) is 0 Å². The Hall–Kier alpha value is -0.800. The summed E-state index contributed by atoms with van der Waals surface area (Å²) >= 11 is 1.85. The molecule has 1 aromatic rings. The van der Waals surface area contributed by atoms with Crippen LogP contribution in [0.15, 0.2) is 23.1 Å². The van der Waals surface area contributed by atoms with Crippen LogP contribution in [0, 0.1) is 0 Å². The first-order valence-electron chi connectivity index (χ1n) is 5.19. The van der Waals surface area contributed by atoms with Gasteiger partial charge in [-0.3, -0.25) is 4.79 Å². The lowest BCUT2D eigenvalue weighted by molar-refractivity contribution is 0.0955. The Morgan fingerprint density at radius 2 is 2.33 bits per heavy atom. The second kappa shape index (κ2) is 4.37. The van der Waals surface area contributed by atoms with Gasteiger partial charge in [-0.05, 0) is 32.0 Å². The number of nitrogens with one attached hydrogen (secondary N) is 1. The van der Waals surface area contributed by atoms with Crippen LogP contribution in [-0.4, -0.2) is 24.6 Å². The Morgan fingerprint density at radius 3 is 3.07 bits per heavy atom. The zero-order chi connectivity index (χ0) is 10.8. The number of carbonyl (C=O) groups is 1. The van der Waals surface area contributed by atoms with Crippen LogP contribution >= 0.6 is 11.8 Å². The van der Waals surface area contributed by atoms with Crippen LogP contribution in [0.4, 0.5) is 0 Å². The van der Waals surface area contributed by atoms with E-state index in [4.69, 9.17) is 0 Å². The van der Waals surface area contributed by atoms with Gasteiger partial charge in [0.25, 0.3) is 0 Å². The van der Waals surface area contributed by atoms with Gasteiger partial charge in [0.15, 0.2) is 5.78 Å². The molecule has 15 heavy (non-hydrogen) atoms. The van der Waals surface area contributed by atoms with Gasteiger partial charge in [-0.25, -0.2) is 0 Å². The third kappa shape index (κ3) is 2.08. The number of aryl methyl sites for hydroxylation is 1. The normalized spacial score (nSPS) is 16.1. The molecule has 0 fully saturated rings. The summed E-state index contributed by atoms with van der Waals surface area (Å²) in [5, 5.41) is 2.97. The van der Waals surface area contributed by atoms with Gasteiger partial charge in [-0.1, -0.05) is 12.1 Å². The highest BCUT2D eigenvalue weighted by atomic mass is 32.2. The van der Waals surface area contributed by atoms with Crippen molar-refractivity contribution >= 4 is 17.5 Å². The number of rotatable bonds is 3. The summed E-state index contributed by atoms with van der Waals surface area (Å²) in [6.07, 6.45) is 1.13. The van der Waals surface area contributed by atoms with Crippen molar-refractivity contribution in [1.29, 1.82) is 0 Å². The van der Waals surface area contributed by atoms with Crippen molar-refractivity contribution in [2.24, 2.45) is 0 Å². The van der Waals surface area contributed by atoms with Crippen LogP contribution < -0.4 is 5.32 Å². The highest BCUT2D eigenvalue weighted by Crippen LogP contribution is 2.31. The lowest BCUT2D eigenvalue weighted by atomic mass is 10.0. The molecule has 80 valence electrons. The fourth-order valence-corrected chi connectivity index (χ4v) is 2.81. The first-order chi connectivity index (χ1) is 7.22. The SMILES string of the molecule is CNC(C)C(=O)c1ccc2c(c1)SCC2. The molecule has 3 heteroatoms. The second-order valence-corrected chi connectivity index (χ2v) is 4.93. The molecule has 0 saturated carbocycles. The zero-order valence-corrected chi connectivity index (χ0v) is 9.86. The third-order valence-corrected chi connectivity index (χ3v) is 3.91. The summed E-state index contributed by atoms with van der Waals surface area (Å²) in [6, 6.07) is 5.96. The molecule has 0 aromatic heterocycles. The van der Waals surface area contributed by atoms with Crippen LogP contribution in [0.1, 0.15) is 22.8 Å². The molecule has 1 N–H and O–H groups in total. The number of thioether (sulfide) groups is 1. The predicted molar refractivity (Wildman–Crippen MR) is 63.7 cm³/mol. The Balaban J connectivity index is 2.26. The molecule has 1 unspecified atom stereocenters. The summed E-state index contributed by atoms with van der Waals surface area (Å²) in [5.74, 6) is 1.32. The fourth-order valence-electron chi connectivity index (χ4n) is 1.70. The summed E-state index contributed by atoms with van der Waals surface area (Å²) in [4.78, 5) is 13.2. The maximum atomic E-state index is 11.9. The van der Waals surface area contributed by atoms with Crippen molar-refractivity contribution in [2.45, 2.75) is 24.3 Å². The zero-order valence-electron chi connectivity index (χ0n) is 9.04. The quantitative estimate of drug-likeness (QED) is 0.793. The van der Waals surface area contributed by atoms with E-state index in [0.717, 1.165) is 17.7 Å². The lowest BCUT2D eigenvalue weighted by Crippen LogP contribution is -2.30. The number of hydrogen-bond donors (Lipinski definition) is 1. The minimum absolute atomic E-state index is 0.102. The third-order valence-electron chi connectivity index (χ3n) is 2.81. The smallest absolute Gasteiger partial charge is 0.179 e. The van der Waals surface area contributed by atoms with E-state index < -0.39 is 0 Å². The van der Waals surface area contributed by atoms with Crippen LogP contribution in [-0.2, 0) is 6.42 Å². The molecule has 0 amide bonds. The van der Waals surface area contributed by atoms with Crippen molar-refractivity contribution in [3.05, 3.63) is 29.3 Å². The Bertz CT molecular complexity index is 389. The van der Waals surface area contributed by atoms with Gasteiger partial charge in [0, 0.05) is 16.2 Å². The van der Waals surface area contributed by atoms with Crippen LogP contribution in [0.25, 0.3) is 0 Å². The Labute approximate surface area is 94.4 Å². The Morgan fingerprint density at radius 1 is 1.53 bits per heavy atom. The second-order valence-electron chi connectivity index (χ2n) is 3.80.